The van der Waals surface area contributed by atoms with Crippen molar-refractivity contribution in [2.24, 2.45) is 0 Å². The number of benzene rings is 2. The van der Waals surface area contributed by atoms with Gasteiger partial charge in [-0.2, -0.15) is 0 Å². The molecule has 25 heavy (non-hydrogen) atoms. The summed E-state index contributed by atoms with van der Waals surface area (Å²) in [5.41, 5.74) is 1.92. The van der Waals surface area contributed by atoms with E-state index in [2.05, 4.69) is 5.32 Å². The van der Waals surface area contributed by atoms with Crippen molar-refractivity contribution in [3.63, 3.8) is 0 Å². The number of morpholine rings is 1. The highest BCUT2D eigenvalue weighted by atomic mass is 35.5. The van der Waals surface area contributed by atoms with Crippen molar-refractivity contribution in [2.75, 3.05) is 13.2 Å². The first-order valence-electron chi connectivity index (χ1n) is 8.07. The Hall–Kier alpha value is -2.37. The Bertz CT molecular complexity index is 734. The van der Waals surface area contributed by atoms with Gasteiger partial charge in [0.1, 0.15) is 12.6 Å². The highest BCUT2D eigenvalue weighted by molar-refractivity contribution is 6.30. The van der Waals surface area contributed by atoms with E-state index in [4.69, 9.17) is 16.3 Å². The first-order valence-corrected chi connectivity index (χ1v) is 8.44. The average Bonchev–Trinajstić information content (AvgIpc) is 2.63. The largest absolute Gasteiger partial charge is 0.369 e. The van der Waals surface area contributed by atoms with Crippen LogP contribution in [0.2, 0.25) is 5.02 Å². The van der Waals surface area contributed by atoms with Gasteiger partial charge in [0.25, 0.3) is 0 Å². The molecule has 1 N–H and O–H groups in total. The second-order valence-corrected chi connectivity index (χ2v) is 6.32. The average molecular weight is 359 g/mol. The van der Waals surface area contributed by atoms with Crippen LogP contribution in [0, 0.1) is 0 Å². The van der Waals surface area contributed by atoms with Crippen molar-refractivity contribution < 1.29 is 14.3 Å². The van der Waals surface area contributed by atoms with Gasteiger partial charge in [0, 0.05) is 18.1 Å². The Kier molecular flexibility index (Phi) is 5.68. The summed E-state index contributed by atoms with van der Waals surface area (Å²) >= 11 is 5.86. The summed E-state index contributed by atoms with van der Waals surface area (Å²) in [6.07, 6.45) is 0. The normalized spacial score (nSPS) is 17.4. The van der Waals surface area contributed by atoms with Crippen LogP contribution in [0.15, 0.2) is 54.6 Å². The number of amides is 2. The first kappa shape index (κ1) is 17.5. The molecule has 5 nitrogen and oxygen atoms in total. The van der Waals surface area contributed by atoms with Crippen LogP contribution >= 0.6 is 11.6 Å². The Balaban J connectivity index is 1.65. The van der Waals surface area contributed by atoms with Crippen molar-refractivity contribution in [2.45, 2.75) is 19.1 Å². The molecule has 0 unspecified atom stereocenters. The van der Waals surface area contributed by atoms with Crippen LogP contribution < -0.4 is 5.32 Å². The lowest BCUT2D eigenvalue weighted by Gasteiger charge is -2.34. The third kappa shape index (κ3) is 4.59. The quantitative estimate of drug-likeness (QED) is 0.892. The number of nitrogens with zero attached hydrogens (tertiary/aromatic N) is 1. The zero-order chi connectivity index (χ0) is 17.6. The molecule has 130 valence electrons. The third-order valence-corrected chi connectivity index (χ3v) is 4.33. The highest BCUT2D eigenvalue weighted by Gasteiger charge is 2.33. The van der Waals surface area contributed by atoms with Crippen LogP contribution in [0.4, 0.5) is 0 Å². The molecule has 2 aromatic rings. The minimum Gasteiger partial charge on any atom is -0.369 e. The van der Waals surface area contributed by atoms with Crippen LogP contribution in [0.5, 0.6) is 0 Å². The summed E-state index contributed by atoms with van der Waals surface area (Å²) in [7, 11) is 0. The van der Waals surface area contributed by atoms with Gasteiger partial charge in [-0.3, -0.25) is 9.59 Å². The second kappa shape index (κ2) is 8.14. The van der Waals surface area contributed by atoms with Crippen LogP contribution in [0.3, 0.4) is 0 Å². The molecule has 0 radical (unpaired) electrons. The van der Waals surface area contributed by atoms with Gasteiger partial charge in [0.2, 0.25) is 11.8 Å². The monoisotopic (exact) mass is 358 g/mol. The van der Waals surface area contributed by atoms with Crippen molar-refractivity contribution in [1.29, 1.82) is 0 Å². The zero-order valence-electron chi connectivity index (χ0n) is 13.7. The molecule has 1 saturated heterocycles. The molecule has 1 aliphatic heterocycles. The number of ether oxygens (including phenoxy) is 1. The molecule has 1 atom stereocenters. The maximum Gasteiger partial charge on any atom is 0.249 e. The predicted molar refractivity (Wildman–Crippen MR) is 94.9 cm³/mol. The van der Waals surface area contributed by atoms with Crippen molar-refractivity contribution in [3.05, 3.63) is 70.7 Å². The number of hydrogen-bond donors (Lipinski definition) is 1. The Morgan fingerprint density at radius 2 is 1.84 bits per heavy atom. The van der Waals surface area contributed by atoms with Gasteiger partial charge in [-0.1, -0.05) is 54.1 Å². The SMILES string of the molecule is O=C(NCc1ccc(Cl)cc1)[C@@H]1COCC(=O)N1Cc1ccccc1. The topological polar surface area (TPSA) is 58.6 Å². The lowest BCUT2D eigenvalue weighted by molar-refractivity contribution is -0.155. The molecule has 1 heterocycles. The van der Waals surface area contributed by atoms with Gasteiger partial charge in [-0.25, -0.2) is 0 Å². The fraction of sp³-hybridized carbons (Fsp3) is 0.263. The summed E-state index contributed by atoms with van der Waals surface area (Å²) in [6.45, 7) is 0.973. The number of carbonyl (C=O) groups is 2. The van der Waals surface area contributed by atoms with Crippen LogP contribution in [-0.2, 0) is 27.4 Å². The highest BCUT2D eigenvalue weighted by Crippen LogP contribution is 2.14. The molecule has 6 heteroatoms. The lowest BCUT2D eigenvalue weighted by atomic mass is 10.1. The van der Waals surface area contributed by atoms with Crippen LogP contribution in [-0.4, -0.2) is 36.0 Å². The summed E-state index contributed by atoms with van der Waals surface area (Å²) in [5, 5.41) is 3.52. The smallest absolute Gasteiger partial charge is 0.249 e. The number of halogens is 1. The van der Waals surface area contributed by atoms with E-state index in [0.29, 0.717) is 18.1 Å². The molecule has 0 saturated carbocycles. The Labute approximate surface area is 151 Å². The minimum absolute atomic E-state index is 0.00774. The van der Waals surface area contributed by atoms with E-state index in [1.54, 1.807) is 17.0 Å². The molecule has 0 aromatic heterocycles. The number of hydrogen-bond acceptors (Lipinski definition) is 3. The predicted octanol–water partition coefficient (Wildman–Crippen LogP) is 2.38. The molecule has 0 aliphatic carbocycles. The van der Waals surface area contributed by atoms with Gasteiger partial charge < -0.3 is 15.0 Å². The molecule has 1 fully saturated rings. The zero-order valence-corrected chi connectivity index (χ0v) is 14.4. The maximum atomic E-state index is 12.6. The van der Waals surface area contributed by atoms with Gasteiger partial charge >= 0.3 is 0 Å². The number of rotatable bonds is 5. The fourth-order valence-corrected chi connectivity index (χ4v) is 2.84. The summed E-state index contributed by atoms with van der Waals surface area (Å²) in [6, 6.07) is 16.2. The van der Waals surface area contributed by atoms with Gasteiger partial charge in [0.15, 0.2) is 0 Å². The fourth-order valence-electron chi connectivity index (χ4n) is 2.71. The molecule has 3 rings (SSSR count). The summed E-state index contributed by atoms with van der Waals surface area (Å²) in [4.78, 5) is 26.4. The van der Waals surface area contributed by atoms with E-state index < -0.39 is 6.04 Å². The van der Waals surface area contributed by atoms with E-state index in [0.717, 1.165) is 11.1 Å². The van der Waals surface area contributed by atoms with E-state index >= 15 is 0 Å². The first-order chi connectivity index (χ1) is 12.1. The third-order valence-electron chi connectivity index (χ3n) is 4.08. The van der Waals surface area contributed by atoms with Gasteiger partial charge in [-0.05, 0) is 23.3 Å². The maximum absolute atomic E-state index is 12.6. The lowest BCUT2D eigenvalue weighted by Crippen LogP contribution is -2.55. The number of carbonyl (C=O) groups excluding carboxylic acids is 2. The molecule has 2 aromatic carbocycles. The van der Waals surface area contributed by atoms with Gasteiger partial charge in [-0.15, -0.1) is 0 Å². The van der Waals surface area contributed by atoms with Crippen LogP contribution in [0.1, 0.15) is 11.1 Å². The molecule has 2 amide bonds. The summed E-state index contributed by atoms with van der Waals surface area (Å²) < 4.78 is 5.28. The second-order valence-electron chi connectivity index (χ2n) is 5.88. The number of nitrogens with one attached hydrogen (secondary N) is 1. The minimum atomic E-state index is -0.631. The molecular formula is C19H19ClN2O3. The van der Waals surface area contributed by atoms with Gasteiger partial charge in [0.05, 0.1) is 6.61 Å². The van der Waals surface area contributed by atoms with E-state index in [9.17, 15) is 9.59 Å². The van der Waals surface area contributed by atoms with Crippen molar-refractivity contribution in [3.8, 4) is 0 Å². The van der Waals surface area contributed by atoms with E-state index in [1.807, 2.05) is 42.5 Å². The van der Waals surface area contributed by atoms with E-state index in [-0.39, 0.29) is 25.0 Å². The van der Waals surface area contributed by atoms with Crippen molar-refractivity contribution in [1.82, 2.24) is 10.2 Å². The standard InChI is InChI=1S/C19H19ClN2O3/c20-16-8-6-14(7-9-16)10-21-19(24)17-12-25-13-18(23)22(17)11-15-4-2-1-3-5-15/h1-9,17H,10-13H2,(H,21,24)/t17-/m0/s1. The molecule has 1 aliphatic rings. The summed E-state index contributed by atoms with van der Waals surface area (Å²) in [5.74, 6) is -0.402. The molecule has 0 bridgehead atoms. The Morgan fingerprint density at radius 1 is 1.12 bits per heavy atom. The van der Waals surface area contributed by atoms with Crippen LogP contribution in [0.25, 0.3) is 0 Å². The molecular weight excluding hydrogens is 340 g/mol. The Morgan fingerprint density at radius 3 is 2.56 bits per heavy atom. The van der Waals surface area contributed by atoms with E-state index in [1.165, 1.54) is 0 Å². The van der Waals surface area contributed by atoms with Crippen molar-refractivity contribution >= 4 is 23.4 Å². The molecule has 0 spiro atoms.